The van der Waals surface area contributed by atoms with Crippen molar-refractivity contribution in [3.05, 3.63) is 130 Å². The Morgan fingerprint density at radius 3 is 1.08 bits per heavy atom. The summed E-state index contributed by atoms with van der Waals surface area (Å²) in [5.41, 5.74) is 5.02. The van der Waals surface area contributed by atoms with Gasteiger partial charge in [0.05, 0.1) is 11.1 Å². The molecule has 0 saturated carbocycles. The summed E-state index contributed by atoms with van der Waals surface area (Å²) in [6, 6.07) is 29.9. The van der Waals surface area contributed by atoms with Crippen LogP contribution in [-0.4, -0.2) is 71.4 Å². The molecule has 4 aromatic carbocycles. The first kappa shape index (κ1) is 37.0. The van der Waals surface area contributed by atoms with E-state index in [1.165, 1.54) is 0 Å². The standard InChI is InChI=1S/C42H46O10/c1-41(2)49-35(25-47-33-21-13-29(14-22-33)7-5-27-9-17-31(18-10-27)39(43)44)37(51-41)38-36(50-42(3,4)52-38)26-48-34-23-15-30(16-24-34)8-6-28-11-19-32(20-12-28)40(45)46/h9-24,35-38H,5-8,25-26H2,1-4H3,(H,43,44)(H,45,46)/t35-,36+,37+,38-. The van der Waals surface area contributed by atoms with E-state index >= 15 is 0 Å². The zero-order chi connectivity index (χ0) is 36.9. The van der Waals surface area contributed by atoms with Crippen LogP contribution in [0.5, 0.6) is 11.5 Å². The topological polar surface area (TPSA) is 130 Å². The number of hydrogen-bond donors (Lipinski definition) is 2. The van der Waals surface area contributed by atoms with Gasteiger partial charge < -0.3 is 38.6 Å². The van der Waals surface area contributed by atoms with Gasteiger partial charge in [-0.2, -0.15) is 0 Å². The van der Waals surface area contributed by atoms with E-state index < -0.39 is 47.9 Å². The third-order valence-corrected chi connectivity index (χ3v) is 9.25. The minimum atomic E-state index is -0.926. The highest BCUT2D eigenvalue weighted by Crippen LogP contribution is 2.39. The van der Waals surface area contributed by atoms with Crippen molar-refractivity contribution >= 4 is 11.9 Å². The van der Waals surface area contributed by atoms with Gasteiger partial charge in [0.2, 0.25) is 0 Å². The quantitative estimate of drug-likeness (QED) is 0.131. The first-order valence-electron chi connectivity index (χ1n) is 17.6. The molecule has 2 aliphatic heterocycles. The number of ether oxygens (including phenoxy) is 6. The van der Waals surface area contributed by atoms with Crippen LogP contribution in [0.25, 0.3) is 0 Å². The molecule has 4 atom stereocenters. The average molecular weight is 711 g/mol. The summed E-state index contributed by atoms with van der Waals surface area (Å²) < 4.78 is 37.8. The zero-order valence-corrected chi connectivity index (χ0v) is 30.0. The highest BCUT2D eigenvalue weighted by atomic mass is 16.8. The number of benzene rings is 4. The molecule has 4 aromatic rings. The lowest BCUT2D eigenvalue weighted by molar-refractivity contribution is -0.175. The van der Waals surface area contributed by atoms with Gasteiger partial charge in [-0.15, -0.1) is 0 Å². The minimum Gasteiger partial charge on any atom is -0.491 e. The summed E-state index contributed by atoms with van der Waals surface area (Å²) >= 11 is 0. The molecule has 0 aromatic heterocycles. The van der Waals surface area contributed by atoms with E-state index in [9.17, 15) is 9.59 Å². The van der Waals surface area contributed by atoms with Crippen molar-refractivity contribution in [2.75, 3.05) is 13.2 Å². The largest absolute Gasteiger partial charge is 0.491 e. The molecule has 0 unspecified atom stereocenters. The number of carbonyl (C=O) groups is 2. The Bertz CT molecular complexity index is 1660. The maximum Gasteiger partial charge on any atom is 0.335 e. The van der Waals surface area contributed by atoms with Gasteiger partial charge in [-0.25, -0.2) is 9.59 Å². The molecule has 2 N–H and O–H groups in total. The molecular formula is C42H46O10. The molecule has 2 aliphatic rings. The predicted molar refractivity (Wildman–Crippen MR) is 193 cm³/mol. The number of aryl methyl sites for hydroxylation is 4. The summed E-state index contributed by atoms with van der Waals surface area (Å²) in [6.45, 7) is 8.02. The van der Waals surface area contributed by atoms with Crippen molar-refractivity contribution in [3.8, 4) is 11.5 Å². The molecule has 52 heavy (non-hydrogen) atoms. The molecule has 2 fully saturated rings. The Morgan fingerprint density at radius 1 is 0.500 bits per heavy atom. The lowest BCUT2D eigenvalue weighted by Crippen LogP contribution is -2.45. The fourth-order valence-corrected chi connectivity index (χ4v) is 6.61. The summed E-state index contributed by atoms with van der Waals surface area (Å²) in [5.74, 6) is -2.12. The number of aromatic carboxylic acids is 2. The molecule has 0 bridgehead atoms. The highest BCUT2D eigenvalue weighted by Gasteiger charge is 2.54. The van der Waals surface area contributed by atoms with Crippen LogP contribution >= 0.6 is 0 Å². The first-order chi connectivity index (χ1) is 24.8. The Labute approximate surface area is 304 Å². The van der Waals surface area contributed by atoms with Gasteiger partial charge >= 0.3 is 11.9 Å². The van der Waals surface area contributed by atoms with Gasteiger partial charge in [0.15, 0.2) is 11.6 Å². The van der Waals surface area contributed by atoms with Gasteiger partial charge in [-0.3, -0.25) is 0 Å². The first-order valence-corrected chi connectivity index (χ1v) is 17.6. The summed E-state index contributed by atoms with van der Waals surface area (Å²) in [7, 11) is 0. The monoisotopic (exact) mass is 710 g/mol. The Morgan fingerprint density at radius 2 is 0.788 bits per heavy atom. The summed E-state index contributed by atoms with van der Waals surface area (Å²) in [5, 5.41) is 18.2. The maximum absolute atomic E-state index is 11.1. The van der Waals surface area contributed by atoms with Crippen LogP contribution in [0.15, 0.2) is 97.1 Å². The van der Waals surface area contributed by atoms with Gasteiger partial charge in [0, 0.05) is 0 Å². The van der Waals surface area contributed by atoms with Gasteiger partial charge in [-0.1, -0.05) is 48.5 Å². The molecule has 10 heteroatoms. The van der Waals surface area contributed by atoms with Crippen LogP contribution in [0.3, 0.4) is 0 Å². The number of carboxylic acids is 2. The molecule has 2 heterocycles. The Kier molecular flexibility index (Phi) is 11.3. The van der Waals surface area contributed by atoms with Crippen LogP contribution in [0.1, 0.15) is 70.7 Å². The van der Waals surface area contributed by atoms with E-state index in [1.807, 2.05) is 100 Å². The van der Waals surface area contributed by atoms with Crippen molar-refractivity contribution in [2.24, 2.45) is 0 Å². The average Bonchev–Trinajstić information content (AvgIpc) is 3.62. The fourth-order valence-electron chi connectivity index (χ4n) is 6.61. The second-order valence-corrected chi connectivity index (χ2v) is 14.2. The van der Waals surface area contributed by atoms with Gasteiger partial charge in [0.1, 0.15) is 49.1 Å². The van der Waals surface area contributed by atoms with Crippen LogP contribution in [0, 0.1) is 0 Å². The SMILES string of the molecule is CC1(C)O[C@@H]([C@H]2OC(C)(C)O[C@@H]2COc2ccc(CCc3ccc(C(=O)O)cc3)cc2)[C@H](COc2ccc(CCc3ccc(C(=O)O)cc3)cc2)O1. The van der Waals surface area contributed by atoms with Gasteiger partial charge in [0.25, 0.3) is 0 Å². The van der Waals surface area contributed by atoms with Crippen LogP contribution in [-0.2, 0) is 44.6 Å². The minimum absolute atomic E-state index is 0.252. The van der Waals surface area contributed by atoms with E-state index in [1.54, 1.807) is 24.3 Å². The smallest absolute Gasteiger partial charge is 0.335 e. The molecule has 274 valence electrons. The number of hydrogen-bond acceptors (Lipinski definition) is 8. The third-order valence-electron chi connectivity index (χ3n) is 9.25. The lowest BCUT2D eigenvalue weighted by Gasteiger charge is -2.26. The molecule has 0 spiro atoms. The highest BCUT2D eigenvalue weighted by molar-refractivity contribution is 5.88. The van der Waals surface area contributed by atoms with E-state index in [4.69, 9.17) is 38.6 Å². The van der Waals surface area contributed by atoms with Crippen molar-refractivity contribution in [3.63, 3.8) is 0 Å². The number of rotatable bonds is 15. The Hall–Kier alpha value is -4.74. The zero-order valence-electron chi connectivity index (χ0n) is 30.0. The summed E-state index contributed by atoms with van der Waals surface area (Å²) in [4.78, 5) is 22.2. The van der Waals surface area contributed by atoms with Crippen LogP contribution in [0.4, 0.5) is 0 Å². The molecule has 10 nitrogen and oxygen atoms in total. The van der Waals surface area contributed by atoms with Crippen molar-refractivity contribution < 1.29 is 48.2 Å². The molecule has 0 amide bonds. The maximum atomic E-state index is 11.1. The molecule has 2 saturated heterocycles. The van der Waals surface area contributed by atoms with Crippen LogP contribution < -0.4 is 9.47 Å². The molecule has 6 rings (SSSR count). The van der Waals surface area contributed by atoms with Crippen molar-refractivity contribution in [2.45, 2.75) is 89.4 Å². The lowest BCUT2D eigenvalue weighted by atomic mass is 10.0. The Balaban J connectivity index is 1.01. The second-order valence-electron chi connectivity index (χ2n) is 14.2. The third kappa shape index (κ3) is 9.77. The van der Waals surface area contributed by atoms with Crippen LogP contribution in [0.2, 0.25) is 0 Å². The summed E-state index contributed by atoms with van der Waals surface area (Å²) in [6.07, 6.45) is 1.45. The van der Waals surface area contributed by atoms with Gasteiger partial charge in [-0.05, 0) is 124 Å². The normalized spacial score (nSPS) is 21.8. The fraction of sp³-hybridized carbons (Fsp3) is 0.381. The van der Waals surface area contributed by atoms with Crippen molar-refractivity contribution in [1.82, 2.24) is 0 Å². The van der Waals surface area contributed by atoms with E-state index in [0.29, 0.717) is 11.5 Å². The molecular weight excluding hydrogens is 664 g/mol. The second kappa shape index (κ2) is 15.9. The van der Waals surface area contributed by atoms with E-state index in [2.05, 4.69) is 0 Å². The predicted octanol–water partition coefficient (Wildman–Crippen LogP) is 7.15. The molecule has 0 radical (unpaired) electrons. The van der Waals surface area contributed by atoms with E-state index in [0.717, 1.165) is 47.9 Å². The van der Waals surface area contributed by atoms with Crippen molar-refractivity contribution in [1.29, 1.82) is 0 Å². The molecule has 0 aliphatic carbocycles. The van der Waals surface area contributed by atoms with E-state index in [-0.39, 0.29) is 24.3 Å². The number of carboxylic acid groups (broad SMARTS) is 2.